The summed E-state index contributed by atoms with van der Waals surface area (Å²) in [4.78, 5) is 24.7. The number of amides is 1. The standard InChI is InChI=1S/C11H14BrNO3S/c1-3-4-13(6-9(14)15)11(16)8-5-7(2)10(12)17-8/h5H,3-4,6H2,1-2H3,(H,14,15). The average Bonchev–Trinajstić information content (AvgIpc) is 2.57. The van der Waals surface area contributed by atoms with Crippen molar-refractivity contribution in [3.05, 3.63) is 20.3 Å². The molecule has 0 aromatic carbocycles. The first-order valence-electron chi connectivity index (χ1n) is 5.22. The van der Waals surface area contributed by atoms with Crippen molar-refractivity contribution < 1.29 is 14.7 Å². The van der Waals surface area contributed by atoms with Gasteiger partial charge in [0, 0.05) is 6.54 Å². The Hall–Kier alpha value is -0.880. The van der Waals surface area contributed by atoms with E-state index in [4.69, 9.17) is 5.11 Å². The van der Waals surface area contributed by atoms with Gasteiger partial charge < -0.3 is 10.0 Å². The lowest BCUT2D eigenvalue weighted by molar-refractivity contribution is -0.137. The molecule has 1 rings (SSSR count). The van der Waals surface area contributed by atoms with E-state index in [0.29, 0.717) is 11.4 Å². The van der Waals surface area contributed by atoms with Crippen LogP contribution in [0.4, 0.5) is 0 Å². The van der Waals surface area contributed by atoms with Crippen molar-refractivity contribution in [2.24, 2.45) is 0 Å². The van der Waals surface area contributed by atoms with Crippen LogP contribution < -0.4 is 0 Å². The van der Waals surface area contributed by atoms with E-state index in [1.807, 2.05) is 13.8 Å². The summed E-state index contributed by atoms with van der Waals surface area (Å²) in [5.74, 6) is -1.20. The van der Waals surface area contributed by atoms with Gasteiger partial charge in [-0.2, -0.15) is 0 Å². The van der Waals surface area contributed by atoms with E-state index < -0.39 is 5.97 Å². The Morgan fingerprint density at radius 3 is 2.59 bits per heavy atom. The Bertz CT molecular complexity index is 411. The van der Waals surface area contributed by atoms with E-state index >= 15 is 0 Å². The molecular formula is C11H14BrNO3S. The fraction of sp³-hybridized carbons (Fsp3) is 0.455. The molecule has 0 saturated heterocycles. The molecule has 0 bridgehead atoms. The lowest BCUT2D eigenvalue weighted by Gasteiger charge is -2.18. The van der Waals surface area contributed by atoms with E-state index in [9.17, 15) is 9.59 Å². The van der Waals surface area contributed by atoms with Crippen molar-refractivity contribution in [1.29, 1.82) is 0 Å². The summed E-state index contributed by atoms with van der Waals surface area (Å²) in [6, 6.07) is 1.78. The number of halogens is 1. The van der Waals surface area contributed by atoms with Gasteiger partial charge in [0.2, 0.25) is 0 Å². The summed E-state index contributed by atoms with van der Waals surface area (Å²) in [5.41, 5.74) is 0.991. The molecule has 0 atom stereocenters. The Kier molecular flexibility index (Phi) is 5.14. The highest BCUT2D eigenvalue weighted by atomic mass is 79.9. The molecular weight excluding hydrogens is 306 g/mol. The topological polar surface area (TPSA) is 57.6 Å². The summed E-state index contributed by atoms with van der Waals surface area (Å²) in [6.07, 6.45) is 0.741. The molecule has 0 radical (unpaired) electrons. The molecule has 0 spiro atoms. The molecule has 1 aromatic rings. The molecule has 1 heterocycles. The maximum Gasteiger partial charge on any atom is 0.323 e. The third-order valence-corrected chi connectivity index (χ3v) is 4.30. The lowest BCUT2D eigenvalue weighted by Crippen LogP contribution is -2.35. The van der Waals surface area contributed by atoms with Crippen molar-refractivity contribution in [3.63, 3.8) is 0 Å². The minimum Gasteiger partial charge on any atom is -0.480 e. The maximum absolute atomic E-state index is 12.1. The fourth-order valence-corrected chi connectivity index (χ4v) is 2.91. The second-order valence-electron chi connectivity index (χ2n) is 3.69. The SMILES string of the molecule is CCCN(CC(=O)O)C(=O)c1cc(C)c(Br)s1. The van der Waals surface area contributed by atoms with Gasteiger partial charge in [0.15, 0.2) is 0 Å². The van der Waals surface area contributed by atoms with Gasteiger partial charge in [-0.3, -0.25) is 9.59 Å². The fourth-order valence-electron chi connectivity index (χ4n) is 1.41. The van der Waals surface area contributed by atoms with Crippen LogP contribution in [0, 0.1) is 6.92 Å². The zero-order valence-corrected chi connectivity index (χ0v) is 12.1. The number of aryl methyl sites for hydroxylation is 1. The number of carbonyl (C=O) groups is 2. The van der Waals surface area contributed by atoms with Crippen molar-refractivity contribution in [2.45, 2.75) is 20.3 Å². The van der Waals surface area contributed by atoms with E-state index in [2.05, 4.69) is 15.9 Å². The second-order valence-corrected chi connectivity index (χ2v) is 6.06. The molecule has 1 N–H and O–H groups in total. The van der Waals surface area contributed by atoms with Gasteiger partial charge in [-0.15, -0.1) is 11.3 Å². The first-order valence-corrected chi connectivity index (χ1v) is 6.83. The molecule has 1 amide bonds. The van der Waals surface area contributed by atoms with Crippen LogP contribution in [0.1, 0.15) is 28.6 Å². The predicted molar refractivity (Wildman–Crippen MR) is 70.6 cm³/mol. The van der Waals surface area contributed by atoms with Crippen LogP contribution in [-0.4, -0.2) is 35.0 Å². The van der Waals surface area contributed by atoms with E-state index in [1.54, 1.807) is 6.07 Å². The summed E-state index contributed by atoms with van der Waals surface area (Å²) < 4.78 is 0.910. The zero-order chi connectivity index (χ0) is 13.0. The number of carbonyl (C=O) groups excluding carboxylic acids is 1. The van der Waals surface area contributed by atoms with Crippen LogP contribution in [0.3, 0.4) is 0 Å². The molecule has 4 nitrogen and oxygen atoms in total. The smallest absolute Gasteiger partial charge is 0.323 e. The van der Waals surface area contributed by atoms with Crippen LogP contribution in [0.5, 0.6) is 0 Å². The molecule has 1 aromatic heterocycles. The van der Waals surface area contributed by atoms with Crippen LogP contribution >= 0.6 is 27.3 Å². The number of hydrogen-bond acceptors (Lipinski definition) is 3. The molecule has 17 heavy (non-hydrogen) atoms. The monoisotopic (exact) mass is 319 g/mol. The van der Waals surface area contributed by atoms with Crippen molar-refractivity contribution in [2.75, 3.05) is 13.1 Å². The molecule has 0 fully saturated rings. The summed E-state index contributed by atoms with van der Waals surface area (Å²) in [6.45, 7) is 4.03. The summed E-state index contributed by atoms with van der Waals surface area (Å²) in [5, 5.41) is 8.77. The Morgan fingerprint density at radius 2 is 2.18 bits per heavy atom. The minimum absolute atomic E-state index is 0.215. The third kappa shape index (κ3) is 3.81. The van der Waals surface area contributed by atoms with Gasteiger partial charge in [0.1, 0.15) is 6.54 Å². The quantitative estimate of drug-likeness (QED) is 0.907. The zero-order valence-electron chi connectivity index (χ0n) is 9.70. The van der Waals surface area contributed by atoms with Crippen LogP contribution in [0.2, 0.25) is 0 Å². The number of aliphatic carboxylic acids is 1. The molecule has 0 unspecified atom stereocenters. The number of hydrogen-bond donors (Lipinski definition) is 1. The predicted octanol–water partition coefficient (Wildman–Crippen LogP) is 2.76. The van der Waals surface area contributed by atoms with Gasteiger partial charge in [-0.25, -0.2) is 0 Å². The van der Waals surface area contributed by atoms with Gasteiger partial charge in [0.05, 0.1) is 8.66 Å². The van der Waals surface area contributed by atoms with Crippen molar-refractivity contribution >= 4 is 39.1 Å². The molecule has 0 aliphatic carbocycles. The number of nitrogens with zero attached hydrogens (tertiary/aromatic N) is 1. The minimum atomic E-state index is -0.987. The molecule has 0 saturated carbocycles. The normalized spacial score (nSPS) is 10.3. The lowest BCUT2D eigenvalue weighted by atomic mass is 10.3. The molecule has 6 heteroatoms. The van der Waals surface area contributed by atoms with Gasteiger partial charge in [-0.1, -0.05) is 6.92 Å². The van der Waals surface area contributed by atoms with Gasteiger partial charge >= 0.3 is 5.97 Å². The average molecular weight is 320 g/mol. The number of thiophene rings is 1. The highest BCUT2D eigenvalue weighted by molar-refractivity contribution is 9.11. The van der Waals surface area contributed by atoms with E-state index in [-0.39, 0.29) is 12.5 Å². The van der Waals surface area contributed by atoms with E-state index in [0.717, 1.165) is 15.8 Å². The molecule has 0 aliphatic heterocycles. The Labute approximate surface area is 112 Å². The first kappa shape index (κ1) is 14.2. The van der Waals surface area contributed by atoms with Gasteiger partial charge in [-0.05, 0) is 40.9 Å². The second kappa shape index (κ2) is 6.16. The van der Waals surface area contributed by atoms with Crippen molar-refractivity contribution in [1.82, 2.24) is 4.90 Å². The maximum atomic E-state index is 12.1. The van der Waals surface area contributed by atoms with E-state index in [1.165, 1.54) is 16.2 Å². The summed E-state index contributed by atoms with van der Waals surface area (Å²) in [7, 11) is 0. The number of carboxylic acid groups (broad SMARTS) is 1. The number of rotatable bonds is 5. The van der Waals surface area contributed by atoms with Gasteiger partial charge in [0.25, 0.3) is 5.91 Å². The Balaban J connectivity index is 2.87. The van der Waals surface area contributed by atoms with Crippen LogP contribution in [0.15, 0.2) is 9.85 Å². The number of carboxylic acids is 1. The third-order valence-electron chi connectivity index (χ3n) is 2.17. The highest BCUT2D eigenvalue weighted by Crippen LogP contribution is 2.28. The molecule has 94 valence electrons. The Morgan fingerprint density at radius 1 is 1.53 bits per heavy atom. The molecule has 0 aliphatic rings. The van der Waals surface area contributed by atoms with Crippen LogP contribution in [0.25, 0.3) is 0 Å². The summed E-state index contributed by atoms with van der Waals surface area (Å²) >= 11 is 4.69. The first-order chi connectivity index (χ1) is 7.95. The van der Waals surface area contributed by atoms with Crippen molar-refractivity contribution in [3.8, 4) is 0 Å². The largest absolute Gasteiger partial charge is 0.480 e. The van der Waals surface area contributed by atoms with Crippen LogP contribution in [-0.2, 0) is 4.79 Å². The highest BCUT2D eigenvalue weighted by Gasteiger charge is 2.20.